The Hall–Kier alpha value is -0.0400. The molecule has 0 aromatic heterocycles. The molecule has 0 heterocycles. The SMILES string of the molecule is CCCCC(C)CCCCCCC(CN(C)CCC)C(C)CC. The molecule has 0 rings (SSSR count). The summed E-state index contributed by atoms with van der Waals surface area (Å²) >= 11 is 0. The molecule has 140 valence electrons. The Morgan fingerprint density at radius 1 is 0.739 bits per heavy atom. The molecule has 0 saturated carbocycles. The van der Waals surface area contributed by atoms with Crippen LogP contribution in [0.15, 0.2) is 0 Å². The second-order valence-electron chi connectivity index (χ2n) is 8.15. The molecule has 0 spiro atoms. The smallest absolute Gasteiger partial charge is 0.000915 e. The van der Waals surface area contributed by atoms with Crippen LogP contribution in [0.1, 0.15) is 105 Å². The van der Waals surface area contributed by atoms with Gasteiger partial charge in [-0.05, 0) is 44.2 Å². The van der Waals surface area contributed by atoms with Gasteiger partial charge in [-0.3, -0.25) is 0 Å². The Bertz CT molecular complexity index is 238. The van der Waals surface area contributed by atoms with E-state index in [9.17, 15) is 0 Å². The molecule has 0 amide bonds. The van der Waals surface area contributed by atoms with E-state index in [2.05, 4.69) is 46.6 Å². The van der Waals surface area contributed by atoms with E-state index >= 15 is 0 Å². The van der Waals surface area contributed by atoms with Gasteiger partial charge >= 0.3 is 0 Å². The van der Waals surface area contributed by atoms with Crippen LogP contribution < -0.4 is 0 Å². The summed E-state index contributed by atoms with van der Waals surface area (Å²) in [6.45, 7) is 14.4. The summed E-state index contributed by atoms with van der Waals surface area (Å²) in [7, 11) is 2.30. The third-order valence-electron chi connectivity index (χ3n) is 5.67. The first-order chi connectivity index (χ1) is 11.0. The fraction of sp³-hybridized carbons (Fsp3) is 1.00. The Kier molecular flexibility index (Phi) is 15.5. The number of hydrogen-bond acceptors (Lipinski definition) is 1. The topological polar surface area (TPSA) is 3.24 Å². The van der Waals surface area contributed by atoms with Crippen molar-refractivity contribution in [3.05, 3.63) is 0 Å². The zero-order chi connectivity index (χ0) is 17.5. The van der Waals surface area contributed by atoms with Crippen molar-refractivity contribution in [3.8, 4) is 0 Å². The maximum absolute atomic E-state index is 2.55. The summed E-state index contributed by atoms with van der Waals surface area (Å²) in [5, 5.41) is 0. The molecular weight excluding hydrogens is 278 g/mol. The lowest BCUT2D eigenvalue weighted by Gasteiger charge is -2.28. The van der Waals surface area contributed by atoms with Gasteiger partial charge in [-0.25, -0.2) is 0 Å². The first kappa shape index (κ1) is 23.0. The Balaban J connectivity index is 3.81. The van der Waals surface area contributed by atoms with Crippen LogP contribution in [0, 0.1) is 17.8 Å². The third kappa shape index (κ3) is 13.0. The highest BCUT2D eigenvalue weighted by molar-refractivity contribution is 4.69. The number of rotatable bonds is 16. The van der Waals surface area contributed by atoms with Gasteiger partial charge in [0.15, 0.2) is 0 Å². The van der Waals surface area contributed by atoms with E-state index in [1.54, 1.807) is 0 Å². The quantitative estimate of drug-likeness (QED) is 0.272. The molecular formula is C22H47N. The average Bonchev–Trinajstić information content (AvgIpc) is 2.54. The normalized spacial score (nSPS) is 15.8. The predicted octanol–water partition coefficient (Wildman–Crippen LogP) is 7.16. The van der Waals surface area contributed by atoms with Gasteiger partial charge in [0.1, 0.15) is 0 Å². The molecule has 23 heavy (non-hydrogen) atoms. The minimum absolute atomic E-state index is 0.878. The lowest BCUT2D eigenvalue weighted by atomic mass is 9.86. The fourth-order valence-corrected chi connectivity index (χ4v) is 3.71. The zero-order valence-corrected chi connectivity index (χ0v) is 17.4. The Morgan fingerprint density at radius 2 is 1.35 bits per heavy atom. The first-order valence-electron chi connectivity index (χ1n) is 10.7. The van der Waals surface area contributed by atoms with Crippen molar-refractivity contribution in [2.45, 2.75) is 105 Å². The highest BCUT2D eigenvalue weighted by Gasteiger charge is 2.17. The largest absolute Gasteiger partial charge is 0.306 e. The number of nitrogens with zero attached hydrogens (tertiary/aromatic N) is 1. The van der Waals surface area contributed by atoms with Crippen LogP contribution in [0.25, 0.3) is 0 Å². The molecule has 0 aliphatic heterocycles. The second-order valence-corrected chi connectivity index (χ2v) is 8.15. The van der Waals surface area contributed by atoms with Crippen molar-refractivity contribution >= 4 is 0 Å². The predicted molar refractivity (Wildman–Crippen MR) is 107 cm³/mol. The van der Waals surface area contributed by atoms with E-state index < -0.39 is 0 Å². The monoisotopic (exact) mass is 325 g/mol. The molecule has 1 heteroatoms. The van der Waals surface area contributed by atoms with Crippen LogP contribution >= 0.6 is 0 Å². The lowest BCUT2D eigenvalue weighted by molar-refractivity contribution is 0.210. The van der Waals surface area contributed by atoms with Gasteiger partial charge in [-0.1, -0.05) is 92.4 Å². The van der Waals surface area contributed by atoms with Gasteiger partial charge in [0.25, 0.3) is 0 Å². The molecule has 0 aromatic carbocycles. The minimum Gasteiger partial charge on any atom is -0.306 e. The molecule has 0 bridgehead atoms. The van der Waals surface area contributed by atoms with Crippen LogP contribution in [-0.2, 0) is 0 Å². The van der Waals surface area contributed by atoms with Crippen molar-refractivity contribution in [1.29, 1.82) is 0 Å². The number of unbranched alkanes of at least 4 members (excludes halogenated alkanes) is 4. The van der Waals surface area contributed by atoms with Gasteiger partial charge in [-0.15, -0.1) is 0 Å². The van der Waals surface area contributed by atoms with Gasteiger partial charge < -0.3 is 4.90 Å². The van der Waals surface area contributed by atoms with Gasteiger partial charge in [0.05, 0.1) is 0 Å². The fourth-order valence-electron chi connectivity index (χ4n) is 3.71. The third-order valence-corrected chi connectivity index (χ3v) is 5.67. The summed E-state index contributed by atoms with van der Waals surface area (Å²) in [5.74, 6) is 2.73. The molecule has 3 atom stereocenters. The van der Waals surface area contributed by atoms with E-state index in [-0.39, 0.29) is 0 Å². The van der Waals surface area contributed by atoms with Crippen molar-refractivity contribution in [3.63, 3.8) is 0 Å². The highest BCUT2D eigenvalue weighted by atomic mass is 15.1. The van der Waals surface area contributed by atoms with Crippen LogP contribution in [0.4, 0.5) is 0 Å². The van der Waals surface area contributed by atoms with Gasteiger partial charge in [-0.2, -0.15) is 0 Å². The summed E-state index contributed by atoms with van der Waals surface area (Å²) < 4.78 is 0. The summed E-state index contributed by atoms with van der Waals surface area (Å²) in [4.78, 5) is 2.55. The summed E-state index contributed by atoms with van der Waals surface area (Å²) in [6.07, 6.45) is 15.5. The van der Waals surface area contributed by atoms with E-state index in [0.717, 1.165) is 17.8 Å². The lowest BCUT2D eigenvalue weighted by Crippen LogP contribution is -2.29. The molecule has 0 fully saturated rings. The molecule has 0 aromatic rings. The molecule has 0 radical (unpaired) electrons. The van der Waals surface area contributed by atoms with Crippen LogP contribution in [0.5, 0.6) is 0 Å². The van der Waals surface area contributed by atoms with Crippen molar-refractivity contribution in [1.82, 2.24) is 4.90 Å². The molecule has 1 nitrogen and oxygen atoms in total. The van der Waals surface area contributed by atoms with E-state index in [1.807, 2.05) is 0 Å². The minimum atomic E-state index is 0.878. The zero-order valence-electron chi connectivity index (χ0n) is 17.4. The maximum atomic E-state index is 2.55. The number of hydrogen-bond donors (Lipinski definition) is 0. The highest BCUT2D eigenvalue weighted by Crippen LogP contribution is 2.24. The van der Waals surface area contributed by atoms with Crippen molar-refractivity contribution < 1.29 is 0 Å². The van der Waals surface area contributed by atoms with Crippen LogP contribution in [-0.4, -0.2) is 25.0 Å². The second kappa shape index (κ2) is 15.5. The summed E-state index contributed by atoms with van der Waals surface area (Å²) in [5.41, 5.74) is 0. The Labute approximate surface area is 148 Å². The van der Waals surface area contributed by atoms with Crippen molar-refractivity contribution in [2.75, 3.05) is 20.1 Å². The van der Waals surface area contributed by atoms with Gasteiger partial charge in [0, 0.05) is 6.54 Å². The first-order valence-corrected chi connectivity index (χ1v) is 10.7. The van der Waals surface area contributed by atoms with E-state index in [0.29, 0.717) is 0 Å². The molecule has 0 aliphatic carbocycles. The van der Waals surface area contributed by atoms with E-state index in [1.165, 1.54) is 83.7 Å². The average molecular weight is 326 g/mol. The molecule has 3 unspecified atom stereocenters. The maximum Gasteiger partial charge on any atom is 0.000915 e. The van der Waals surface area contributed by atoms with Crippen LogP contribution in [0.3, 0.4) is 0 Å². The molecule has 0 saturated heterocycles. The van der Waals surface area contributed by atoms with Crippen LogP contribution in [0.2, 0.25) is 0 Å². The summed E-state index contributed by atoms with van der Waals surface area (Å²) in [6, 6.07) is 0. The van der Waals surface area contributed by atoms with E-state index in [4.69, 9.17) is 0 Å². The Morgan fingerprint density at radius 3 is 1.91 bits per heavy atom. The van der Waals surface area contributed by atoms with Crippen molar-refractivity contribution in [2.24, 2.45) is 17.8 Å². The van der Waals surface area contributed by atoms with Gasteiger partial charge in [0.2, 0.25) is 0 Å². The molecule has 0 N–H and O–H groups in total. The standard InChI is InChI=1S/C22H47N/c1-7-10-15-20(4)16-13-11-12-14-17-22(21(5)9-3)19-23(6)18-8-2/h20-22H,7-19H2,1-6H3. The molecule has 0 aliphatic rings.